The monoisotopic (exact) mass is 888 g/mol. The lowest BCUT2D eigenvalue weighted by molar-refractivity contribution is -0.151. The second kappa shape index (κ2) is 51.3. The van der Waals surface area contributed by atoms with E-state index < -0.39 is 18.2 Å². The van der Waals surface area contributed by atoms with Gasteiger partial charge in [-0.3, -0.25) is 9.59 Å². The third-order valence-corrected chi connectivity index (χ3v) is 13.0. The van der Waals surface area contributed by atoms with Gasteiger partial charge in [0.15, 0.2) is 0 Å². The Kier molecular flexibility index (Phi) is 50.0. The lowest BCUT2D eigenvalue weighted by atomic mass is 10.0. The molecule has 0 radical (unpaired) electrons. The lowest BCUT2D eigenvalue weighted by Gasteiger charge is -2.24. The van der Waals surface area contributed by atoms with Crippen molar-refractivity contribution in [2.45, 2.75) is 322 Å². The number of nitrogens with one attached hydrogen (secondary N) is 1. The molecule has 0 aliphatic heterocycles. The van der Waals surface area contributed by atoms with Crippen molar-refractivity contribution in [2.75, 3.05) is 6.61 Å². The fraction of sp³-hybridized carbons (Fsp3) is 0.895. The zero-order valence-corrected chi connectivity index (χ0v) is 42.5. The van der Waals surface area contributed by atoms with Crippen molar-refractivity contribution in [3.05, 3.63) is 24.3 Å². The molecule has 63 heavy (non-hydrogen) atoms. The van der Waals surface area contributed by atoms with E-state index in [1.165, 1.54) is 199 Å². The molecule has 0 spiro atoms. The number of hydrogen-bond acceptors (Lipinski definition) is 5. The molecule has 0 bridgehead atoms. The highest BCUT2D eigenvalue weighted by molar-refractivity contribution is 5.77. The van der Waals surface area contributed by atoms with Crippen LogP contribution >= 0.6 is 0 Å². The van der Waals surface area contributed by atoms with Crippen molar-refractivity contribution in [1.82, 2.24) is 5.32 Å². The summed E-state index contributed by atoms with van der Waals surface area (Å²) in [6.07, 6.45) is 59.6. The standard InChI is InChI=1S/C57H109NO5/c1-4-7-10-13-16-19-22-25-27-28-29-30-32-35-38-41-44-47-50-57(62)63-53(48-45-42-39-36-33-24-21-18-15-12-9-6-3)51-56(61)58-54(52-59)55(60)49-46-43-40-37-34-31-26-23-20-17-14-11-8-5-2/h29-30,36,39,53-55,59-60H,4-28,31-35,37-38,40-52H2,1-3H3,(H,58,61)/b30-29+,39-36-. The van der Waals surface area contributed by atoms with Crippen molar-refractivity contribution in [3.8, 4) is 0 Å². The molecular formula is C57H109NO5. The molecule has 0 aliphatic rings. The fourth-order valence-corrected chi connectivity index (χ4v) is 8.72. The summed E-state index contributed by atoms with van der Waals surface area (Å²) >= 11 is 0. The number of unbranched alkanes of at least 4 members (excludes halogenated alkanes) is 35. The van der Waals surface area contributed by atoms with Crippen LogP contribution in [0, 0.1) is 0 Å². The number of carbonyl (C=O) groups is 2. The number of carbonyl (C=O) groups excluding carboxylic acids is 2. The highest BCUT2D eigenvalue weighted by Crippen LogP contribution is 2.18. The smallest absolute Gasteiger partial charge is 0.306 e. The van der Waals surface area contributed by atoms with Crippen LogP contribution in [-0.4, -0.2) is 46.9 Å². The summed E-state index contributed by atoms with van der Waals surface area (Å²) in [5.74, 6) is -0.498. The van der Waals surface area contributed by atoms with Crippen LogP contribution in [0.5, 0.6) is 0 Å². The molecule has 6 nitrogen and oxygen atoms in total. The molecule has 0 heterocycles. The van der Waals surface area contributed by atoms with Gasteiger partial charge in [-0.2, -0.15) is 0 Å². The molecule has 3 atom stereocenters. The van der Waals surface area contributed by atoms with E-state index in [2.05, 4.69) is 50.4 Å². The largest absolute Gasteiger partial charge is 0.462 e. The van der Waals surface area contributed by atoms with Gasteiger partial charge in [0.05, 0.1) is 25.2 Å². The minimum atomic E-state index is -0.792. The molecule has 0 aliphatic carbocycles. The molecule has 3 unspecified atom stereocenters. The molecule has 0 aromatic heterocycles. The Morgan fingerprint density at radius 1 is 0.444 bits per heavy atom. The number of amides is 1. The van der Waals surface area contributed by atoms with E-state index >= 15 is 0 Å². The van der Waals surface area contributed by atoms with E-state index in [1.807, 2.05) is 0 Å². The first-order chi connectivity index (χ1) is 31.0. The molecule has 0 aromatic rings. The number of rotatable bonds is 51. The molecule has 6 heteroatoms. The highest BCUT2D eigenvalue weighted by atomic mass is 16.5. The van der Waals surface area contributed by atoms with Gasteiger partial charge in [-0.15, -0.1) is 0 Å². The minimum absolute atomic E-state index is 0.0577. The van der Waals surface area contributed by atoms with Crippen LogP contribution in [0.1, 0.15) is 303 Å². The molecule has 372 valence electrons. The summed E-state index contributed by atoms with van der Waals surface area (Å²) in [4.78, 5) is 26.2. The van der Waals surface area contributed by atoms with Crippen LogP contribution in [0.2, 0.25) is 0 Å². The van der Waals surface area contributed by atoms with Crippen molar-refractivity contribution >= 4 is 11.9 Å². The first-order valence-electron chi connectivity index (χ1n) is 28.1. The first-order valence-corrected chi connectivity index (χ1v) is 28.1. The molecule has 0 rings (SSSR count). The average Bonchev–Trinajstić information content (AvgIpc) is 3.28. The molecule has 0 fully saturated rings. The molecular weight excluding hydrogens is 779 g/mol. The van der Waals surface area contributed by atoms with E-state index in [0.717, 1.165) is 57.8 Å². The van der Waals surface area contributed by atoms with Gasteiger partial charge in [-0.1, -0.05) is 244 Å². The second-order valence-electron chi connectivity index (χ2n) is 19.3. The van der Waals surface area contributed by atoms with Gasteiger partial charge in [-0.25, -0.2) is 0 Å². The summed E-state index contributed by atoms with van der Waals surface area (Å²) in [5.41, 5.74) is 0. The van der Waals surface area contributed by atoms with Crippen LogP contribution in [-0.2, 0) is 14.3 Å². The van der Waals surface area contributed by atoms with Gasteiger partial charge >= 0.3 is 5.97 Å². The topological polar surface area (TPSA) is 95.9 Å². The Hall–Kier alpha value is -1.66. The lowest BCUT2D eigenvalue weighted by Crippen LogP contribution is -2.46. The summed E-state index contributed by atoms with van der Waals surface area (Å²) in [7, 11) is 0. The Morgan fingerprint density at radius 3 is 1.16 bits per heavy atom. The first kappa shape index (κ1) is 61.3. The number of ether oxygens (including phenoxy) is 1. The predicted molar refractivity (Wildman–Crippen MR) is 273 cm³/mol. The maximum Gasteiger partial charge on any atom is 0.306 e. The maximum atomic E-state index is 13.2. The van der Waals surface area contributed by atoms with Crippen LogP contribution < -0.4 is 5.32 Å². The molecule has 0 saturated heterocycles. The van der Waals surface area contributed by atoms with Gasteiger partial charge in [0.1, 0.15) is 6.10 Å². The molecule has 3 N–H and O–H groups in total. The summed E-state index contributed by atoms with van der Waals surface area (Å²) < 4.78 is 5.93. The third kappa shape index (κ3) is 46.7. The Morgan fingerprint density at radius 2 is 0.778 bits per heavy atom. The van der Waals surface area contributed by atoms with Gasteiger partial charge < -0.3 is 20.3 Å². The van der Waals surface area contributed by atoms with Crippen molar-refractivity contribution in [1.29, 1.82) is 0 Å². The van der Waals surface area contributed by atoms with Crippen LogP contribution in [0.25, 0.3) is 0 Å². The average molecular weight is 889 g/mol. The SMILES string of the molecule is CCCCCCCCC/C=C\CCCC(CC(=O)NC(CO)C(O)CCCCCCCCCCCCCCCC)OC(=O)CCCCCCC/C=C/CCCCCCCCCCC. The molecule has 1 amide bonds. The van der Waals surface area contributed by atoms with E-state index in [0.29, 0.717) is 19.3 Å². The Labute approximate surface area is 392 Å². The zero-order valence-electron chi connectivity index (χ0n) is 42.5. The van der Waals surface area contributed by atoms with Gasteiger partial charge in [0, 0.05) is 6.42 Å². The van der Waals surface area contributed by atoms with Gasteiger partial charge in [0.2, 0.25) is 5.91 Å². The Bertz CT molecular complexity index is 997. The second-order valence-corrected chi connectivity index (χ2v) is 19.3. The summed E-state index contributed by atoms with van der Waals surface area (Å²) in [6, 6.07) is -0.708. The van der Waals surface area contributed by atoms with E-state index in [9.17, 15) is 19.8 Å². The number of allylic oxidation sites excluding steroid dienone is 4. The van der Waals surface area contributed by atoms with Gasteiger partial charge in [0.25, 0.3) is 0 Å². The fourth-order valence-electron chi connectivity index (χ4n) is 8.72. The third-order valence-electron chi connectivity index (χ3n) is 13.0. The quantitative estimate of drug-likeness (QED) is 0.0321. The summed E-state index contributed by atoms with van der Waals surface area (Å²) in [6.45, 7) is 6.50. The van der Waals surface area contributed by atoms with Crippen LogP contribution in [0.3, 0.4) is 0 Å². The van der Waals surface area contributed by atoms with E-state index in [-0.39, 0.29) is 24.9 Å². The number of aliphatic hydroxyl groups is 2. The Balaban J connectivity index is 4.51. The predicted octanol–water partition coefficient (Wildman–Crippen LogP) is 17.1. The molecule has 0 saturated carbocycles. The summed E-state index contributed by atoms with van der Waals surface area (Å²) in [5, 5.41) is 23.8. The number of aliphatic hydroxyl groups excluding tert-OH is 2. The maximum absolute atomic E-state index is 13.2. The minimum Gasteiger partial charge on any atom is -0.462 e. The van der Waals surface area contributed by atoms with Gasteiger partial charge in [-0.05, 0) is 70.6 Å². The van der Waals surface area contributed by atoms with Crippen LogP contribution in [0.15, 0.2) is 24.3 Å². The van der Waals surface area contributed by atoms with Crippen LogP contribution in [0.4, 0.5) is 0 Å². The van der Waals surface area contributed by atoms with Crippen molar-refractivity contribution < 1.29 is 24.5 Å². The molecule has 0 aromatic carbocycles. The highest BCUT2D eigenvalue weighted by Gasteiger charge is 2.24. The van der Waals surface area contributed by atoms with Crippen molar-refractivity contribution in [3.63, 3.8) is 0 Å². The van der Waals surface area contributed by atoms with Crippen molar-refractivity contribution in [2.24, 2.45) is 0 Å². The zero-order chi connectivity index (χ0) is 45.9. The number of esters is 1. The van der Waals surface area contributed by atoms with E-state index in [4.69, 9.17) is 4.74 Å². The normalized spacial score (nSPS) is 13.3. The number of hydrogen-bond donors (Lipinski definition) is 3. The van der Waals surface area contributed by atoms with E-state index in [1.54, 1.807) is 0 Å².